The molecule has 0 spiro atoms. The molecule has 5 heteroatoms. The molecule has 0 fully saturated rings. The summed E-state index contributed by atoms with van der Waals surface area (Å²) in [7, 11) is 0. The molecule has 0 aliphatic carbocycles. The molecule has 0 bridgehead atoms. The lowest BCUT2D eigenvalue weighted by atomic mass is 10.0. The minimum absolute atomic E-state index is 0.0155. The molecular weight excluding hydrogens is 268 g/mol. The summed E-state index contributed by atoms with van der Waals surface area (Å²) < 4.78 is 11.0. The Balaban J connectivity index is 1.50. The third-order valence-electron chi connectivity index (χ3n) is 3.43. The van der Waals surface area contributed by atoms with Crippen LogP contribution in [0.3, 0.4) is 0 Å². The number of furan rings is 1. The maximum Gasteiger partial charge on any atom is 0.315 e. The Morgan fingerprint density at radius 1 is 1.29 bits per heavy atom. The summed E-state index contributed by atoms with van der Waals surface area (Å²) in [5.41, 5.74) is 1.12. The highest BCUT2D eigenvalue weighted by Crippen LogP contribution is 2.23. The summed E-state index contributed by atoms with van der Waals surface area (Å²) >= 11 is 0. The first-order valence-electron chi connectivity index (χ1n) is 7.01. The number of carbonyl (C=O) groups is 1. The first-order valence-corrected chi connectivity index (χ1v) is 7.01. The van der Waals surface area contributed by atoms with Gasteiger partial charge in [0.2, 0.25) is 0 Å². The highest BCUT2D eigenvalue weighted by atomic mass is 16.5. The summed E-state index contributed by atoms with van der Waals surface area (Å²) in [6, 6.07) is 11.4. The predicted molar refractivity (Wildman–Crippen MR) is 78.2 cm³/mol. The standard InChI is InChI=1S/C16H18N2O3/c1-11-6-7-14(21-11)9-17-16(19)18-13-8-12-4-2-3-5-15(12)20-10-13/h2-7,13H,8-10H2,1H3,(H2,17,18,19). The molecule has 1 aliphatic rings. The predicted octanol–water partition coefficient (Wildman–Crippen LogP) is 2.39. The number of nitrogens with one attached hydrogen (secondary N) is 2. The monoisotopic (exact) mass is 286 g/mol. The maximum atomic E-state index is 11.9. The van der Waals surface area contributed by atoms with Gasteiger partial charge in [0.25, 0.3) is 0 Å². The largest absolute Gasteiger partial charge is 0.491 e. The normalized spacial score (nSPS) is 16.7. The van der Waals surface area contributed by atoms with Crippen molar-refractivity contribution in [2.24, 2.45) is 0 Å². The zero-order chi connectivity index (χ0) is 14.7. The second kappa shape index (κ2) is 5.91. The van der Waals surface area contributed by atoms with Crippen molar-refractivity contribution in [3.05, 3.63) is 53.5 Å². The number of urea groups is 1. The molecule has 1 aromatic heterocycles. The van der Waals surface area contributed by atoms with Gasteiger partial charge in [-0.1, -0.05) is 18.2 Å². The van der Waals surface area contributed by atoms with Gasteiger partial charge in [-0.3, -0.25) is 0 Å². The average Bonchev–Trinajstić information content (AvgIpc) is 2.91. The van der Waals surface area contributed by atoms with Crippen LogP contribution >= 0.6 is 0 Å². The number of para-hydroxylation sites is 1. The highest BCUT2D eigenvalue weighted by Gasteiger charge is 2.20. The van der Waals surface area contributed by atoms with Crippen LogP contribution in [0.15, 0.2) is 40.8 Å². The number of carbonyl (C=O) groups excluding carboxylic acids is 1. The quantitative estimate of drug-likeness (QED) is 0.910. The van der Waals surface area contributed by atoms with Crippen LogP contribution in [-0.4, -0.2) is 18.7 Å². The van der Waals surface area contributed by atoms with Crippen molar-refractivity contribution in [2.75, 3.05) is 6.61 Å². The Morgan fingerprint density at radius 3 is 2.95 bits per heavy atom. The molecule has 0 saturated carbocycles. The van der Waals surface area contributed by atoms with Crippen LogP contribution in [0.1, 0.15) is 17.1 Å². The molecule has 2 aromatic rings. The first kappa shape index (κ1) is 13.5. The summed E-state index contributed by atoms with van der Waals surface area (Å²) in [6.07, 6.45) is 0.781. The van der Waals surface area contributed by atoms with Crippen molar-refractivity contribution in [3.8, 4) is 5.75 Å². The van der Waals surface area contributed by atoms with E-state index in [0.717, 1.165) is 29.3 Å². The van der Waals surface area contributed by atoms with Gasteiger partial charge in [-0.2, -0.15) is 0 Å². The van der Waals surface area contributed by atoms with Crippen LogP contribution in [0.4, 0.5) is 4.79 Å². The Morgan fingerprint density at radius 2 is 2.14 bits per heavy atom. The molecule has 1 atom stereocenters. The molecule has 21 heavy (non-hydrogen) atoms. The van der Waals surface area contributed by atoms with Crippen molar-refractivity contribution in [1.82, 2.24) is 10.6 Å². The van der Waals surface area contributed by atoms with Gasteiger partial charge in [-0.05, 0) is 37.1 Å². The number of rotatable bonds is 3. The summed E-state index contributed by atoms with van der Waals surface area (Å²) in [6.45, 7) is 2.74. The molecule has 110 valence electrons. The van der Waals surface area contributed by atoms with E-state index in [1.54, 1.807) is 0 Å². The SMILES string of the molecule is Cc1ccc(CNC(=O)NC2COc3ccccc3C2)o1. The smallest absolute Gasteiger partial charge is 0.315 e. The van der Waals surface area contributed by atoms with Crippen LogP contribution in [0.2, 0.25) is 0 Å². The van der Waals surface area contributed by atoms with Crippen molar-refractivity contribution in [2.45, 2.75) is 25.9 Å². The number of ether oxygens (including phenoxy) is 1. The highest BCUT2D eigenvalue weighted by molar-refractivity contribution is 5.74. The second-order valence-corrected chi connectivity index (χ2v) is 5.16. The topological polar surface area (TPSA) is 63.5 Å². The number of benzene rings is 1. The maximum absolute atomic E-state index is 11.9. The van der Waals surface area contributed by atoms with E-state index in [1.165, 1.54) is 0 Å². The second-order valence-electron chi connectivity index (χ2n) is 5.16. The Labute approximate surface area is 123 Å². The van der Waals surface area contributed by atoms with E-state index in [1.807, 2.05) is 43.3 Å². The molecule has 0 radical (unpaired) electrons. The van der Waals surface area contributed by atoms with Gasteiger partial charge in [0.15, 0.2) is 0 Å². The van der Waals surface area contributed by atoms with E-state index in [0.29, 0.717) is 13.2 Å². The van der Waals surface area contributed by atoms with Crippen LogP contribution in [-0.2, 0) is 13.0 Å². The molecule has 3 rings (SSSR count). The summed E-state index contributed by atoms with van der Waals surface area (Å²) in [5.74, 6) is 2.49. The fourth-order valence-electron chi connectivity index (χ4n) is 2.40. The van der Waals surface area contributed by atoms with Gasteiger partial charge in [-0.15, -0.1) is 0 Å². The molecule has 5 nitrogen and oxygen atoms in total. The molecule has 1 unspecified atom stereocenters. The van der Waals surface area contributed by atoms with E-state index in [4.69, 9.17) is 9.15 Å². The molecular formula is C16H18N2O3. The van der Waals surface area contributed by atoms with E-state index in [2.05, 4.69) is 10.6 Å². The number of hydrogen-bond donors (Lipinski definition) is 2. The molecule has 0 saturated heterocycles. The lowest BCUT2D eigenvalue weighted by Gasteiger charge is -2.26. The Kier molecular flexibility index (Phi) is 3.81. The number of fused-ring (bicyclic) bond motifs is 1. The van der Waals surface area contributed by atoms with Crippen LogP contribution in [0, 0.1) is 6.92 Å². The van der Waals surface area contributed by atoms with Crippen molar-refractivity contribution in [1.29, 1.82) is 0 Å². The number of hydrogen-bond acceptors (Lipinski definition) is 3. The fourth-order valence-corrected chi connectivity index (χ4v) is 2.40. The van der Waals surface area contributed by atoms with Gasteiger partial charge in [0.05, 0.1) is 12.6 Å². The van der Waals surface area contributed by atoms with Crippen molar-refractivity contribution >= 4 is 6.03 Å². The number of aryl methyl sites for hydroxylation is 1. The lowest BCUT2D eigenvalue weighted by Crippen LogP contribution is -2.47. The Hall–Kier alpha value is -2.43. The van der Waals surface area contributed by atoms with Crippen LogP contribution in [0.5, 0.6) is 5.75 Å². The summed E-state index contributed by atoms with van der Waals surface area (Å²) in [4.78, 5) is 11.9. The van der Waals surface area contributed by atoms with Gasteiger partial charge in [-0.25, -0.2) is 4.79 Å². The minimum atomic E-state index is -0.211. The molecule has 1 aliphatic heterocycles. The third kappa shape index (κ3) is 3.37. The molecule has 2 N–H and O–H groups in total. The fraction of sp³-hybridized carbons (Fsp3) is 0.312. The molecule has 1 aromatic carbocycles. The third-order valence-corrected chi connectivity index (χ3v) is 3.43. The first-order chi connectivity index (χ1) is 10.2. The minimum Gasteiger partial charge on any atom is -0.491 e. The van der Waals surface area contributed by atoms with E-state index in [9.17, 15) is 4.79 Å². The average molecular weight is 286 g/mol. The van der Waals surface area contributed by atoms with Gasteiger partial charge in [0.1, 0.15) is 23.9 Å². The van der Waals surface area contributed by atoms with Gasteiger partial charge >= 0.3 is 6.03 Å². The molecule has 2 heterocycles. The molecule has 2 amide bonds. The van der Waals surface area contributed by atoms with E-state index in [-0.39, 0.29) is 12.1 Å². The number of amides is 2. The van der Waals surface area contributed by atoms with Gasteiger partial charge < -0.3 is 19.8 Å². The van der Waals surface area contributed by atoms with Crippen LogP contribution < -0.4 is 15.4 Å². The summed E-state index contributed by atoms with van der Waals surface area (Å²) in [5, 5.41) is 5.70. The van der Waals surface area contributed by atoms with E-state index < -0.39 is 0 Å². The van der Waals surface area contributed by atoms with Crippen molar-refractivity contribution in [3.63, 3.8) is 0 Å². The zero-order valence-corrected chi connectivity index (χ0v) is 11.9. The van der Waals surface area contributed by atoms with Crippen LogP contribution in [0.25, 0.3) is 0 Å². The Bertz CT molecular complexity index is 636. The van der Waals surface area contributed by atoms with Crippen molar-refractivity contribution < 1.29 is 13.9 Å². The zero-order valence-electron chi connectivity index (χ0n) is 11.9. The lowest BCUT2D eigenvalue weighted by molar-refractivity contribution is 0.213. The van der Waals surface area contributed by atoms with E-state index >= 15 is 0 Å². The van der Waals surface area contributed by atoms with Gasteiger partial charge in [0, 0.05) is 0 Å².